The van der Waals surface area contributed by atoms with E-state index in [1.54, 1.807) is 12.5 Å². The number of aromatic amines is 1. The molecule has 0 radical (unpaired) electrons. The molecule has 126 valence electrons. The molecule has 0 aromatic carbocycles. The highest BCUT2D eigenvalue weighted by atomic mass is 16.1. The molecule has 0 aliphatic heterocycles. The molecule has 4 saturated carbocycles. The number of anilines is 1. The smallest absolute Gasteiger partial charge is 0.221 e. The molecule has 4 fully saturated rings. The molecule has 0 spiro atoms. The molecule has 4 aliphatic rings. The van der Waals surface area contributed by atoms with E-state index < -0.39 is 0 Å². The third-order valence-electron chi connectivity index (χ3n) is 6.44. The minimum atomic E-state index is -0.330. The quantitative estimate of drug-likeness (QED) is 0.803. The number of amides is 1. The van der Waals surface area contributed by atoms with Crippen molar-refractivity contribution in [2.45, 2.75) is 44.6 Å². The Morgan fingerprint density at radius 3 is 2.54 bits per heavy atom. The number of rotatable bonds is 4. The number of nitrogens with one attached hydrogen (secondary N) is 2. The molecule has 6 heteroatoms. The Hall–Kier alpha value is -2.11. The van der Waals surface area contributed by atoms with Gasteiger partial charge in [0.2, 0.25) is 5.91 Å². The predicted molar refractivity (Wildman–Crippen MR) is 91.2 cm³/mol. The number of pyridine rings is 1. The fourth-order valence-electron chi connectivity index (χ4n) is 5.75. The monoisotopic (exact) mass is 325 g/mol. The average Bonchev–Trinajstić information content (AvgIpc) is 3.00. The van der Waals surface area contributed by atoms with Crippen molar-refractivity contribution in [3.63, 3.8) is 0 Å². The summed E-state index contributed by atoms with van der Waals surface area (Å²) in [5, 5.41) is 3.81. The van der Waals surface area contributed by atoms with Crippen LogP contribution in [0.5, 0.6) is 0 Å². The Balaban J connectivity index is 1.52. The molecule has 4 bridgehead atoms. The van der Waals surface area contributed by atoms with Crippen LogP contribution in [0.3, 0.4) is 0 Å². The van der Waals surface area contributed by atoms with Crippen LogP contribution in [-0.2, 0) is 11.2 Å². The van der Waals surface area contributed by atoms with Crippen molar-refractivity contribution in [2.75, 3.05) is 5.32 Å². The SMILES string of the molecule is NC(=O)Cc1cnc2nc[nH]c2c1NC1C2CC3CC(C2)CC1C3. The van der Waals surface area contributed by atoms with Crippen molar-refractivity contribution in [3.05, 3.63) is 18.1 Å². The average molecular weight is 325 g/mol. The first-order chi connectivity index (χ1) is 11.7. The van der Waals surface area contributed by atoms with Gasteiger partial charge >= 0.3 is 0 Å². The van der Waals surface area contributed by atoms with Crippen LogP contribution in [0, 0.1) is 23.7 Å². The Morgan fingerprint density at radius 1 is 1.17 bits per heavy atom. The summed E-state index contributed by atoms with van der Waals surface area (Å²) in [7, 11) is 0. The van der Waals surface area contributed by atoms with Crippen LogP contribution < -0.4 is 11.1 Å². The van der Waals surface area contributed by atoms with Crippen LogP contribution in [0.15, 0.2) is 12.5 Å². The molecule has 2 aromatic heterocycles. The van der Waals surface area contributed by atoms with Gasteiger partial charge in [-0.2, -0.15) is 0 Å². The molecule has 2 aromatic rings. The maximum Gasteiger partial charge on any atom is 0.221 e. The maximum atomic E-state index is 11.5. The molecule has 24 heavy (non-hydrogen) atoms. The van der Waals surface area contributed by atoms with Gasteiger partial charge in [0.1, 0.15) is 5.52 Å². The van der Waals surface area contributed by atoms with E-state index in [-0.39, 0.29) is 12.3 Å². The topological polar surface area (TPSA) is 96.7 Å². The maximum absolute atomic E-state index is 11.5. The van der Waals surface area contributed by atoms with Crippen LogP contribution in [0.1, 0.15) is 37.7 Å². The molecule has 0 saturated heterocycles. The molecule has 6 rings (SSSR count). The summed E-state index contributed by atoms with van der Waals surface area (Å²) >= 11 is 0. The number of imidazole rings is 1. The summed E-state index contributed by atoms with van der Waals surface area (Å²) in [6, 6.07) is 0.498. The Morgan fingerprint density at radius 2 is 1.88 bits per heavy atom. The molecule has 4 N–H and O–H groups in total. The second-order valence-corrected chi connectivity index (χ2v) is 8.00. The van der Waals surface area contributed by atoms with E-state index in [9.17, 15) is 4.79 Å². The first-order valence-electron chi connectivity index (χ1n) is 9.03. The third-order valence-corrected chi connectivity index (χ3v) is 6.44. The number of nitrogens with two attached hydrogens (primary N) is 1. The van der Waals surface area contributed by atoms with Crippen molar-refractivity contribution in [3.8, 4) is 0 Å². The van der Waals surface area contributed by atoms with Crippen molar-refractivity contribution in [2.24, 2.45) is 29.4 Å². The lowest BCUT2D eigenvalue weighted by Crippen LogP contribution is -2.51. The zero-order valence-corrected chi connectivity index (χ0v) is 13.7. The first kappa shape index (κ1) is 14.3. The van der Waals surface area contributed by atoms with Crippen molar-refractivity contribution in [1.29, 1.82) is 0 Å². The number of primary amides is 1. The van der Waals surface area contributed by atoms with Gasteiger partial charge in [-0.05, 0) is 55.8 Å². The Labute approximate surface area is 140 Å². The van der Waals surface area contributed by atoms with Gasteiger partial charge in [0.25, 0.3) is 0 Å². The van der Waals surface area contributed by atoms with Crippen molar-refractivity contribution in [1.82, 2.24) is 15.0 Å². The standard InChI is InChI=1S/C18H23N5O/c19-14(24)6-13-7-20-18-17(21-8-22-18)16(13)23-15-11-2-9-1-10(4-11)5-12(15)3-9/h7-12,15H,1-6H2,(H2,19,24)(H2,20,21,22,23). The van der Waals surface area contributed by atoms with Crippen molar-refractivity contribution < 1.29 is 4.79 Å². The fourth-order valence-corrected chi connectivity index (χ4v) is 5.75. The van der Waals surface area contributed by atoms with E-state index in [0.29, 0.717) is 11.7 Å². The van der Waals surface area contributed by atoms with Crippen molar-refractivity contribution >= 4 is 22.8 Å². The second-order valence-electron chi connectivity index (χ2n) is 8.00. The lowest BCUT2D eigenvalue weighted by atomic mass is 9.54. The number of fused-ring (bicyclic) bond motifs is 1. The van der Waals surface area contributed by atoms with E-state index in [2.05, 4.69) is 20.3 Å². The molecular weight excluding hydrogens is 302 g/mol. The van der Waals surface area contributed by atoms with Crippen LogP contribution >= 0.6 is 0 Å². The van der Waals surface area contributed by atoms with Gasteiger partial charge in [-0.1, -0.05) is 0 Å². The van der Waals surface area contributed by atoms with Gasteiger partial charge < -0.3 is 16.0 Å². The summed E-state index contributed by atoms with van der Waals surface area (Å²) in [6.07, 6.45) is 10.5. The largest absolute Gasteiger partial charge is 0.380 e. The molecule has 0 atom stereocenters. The number of carbonyl (C=O) groups excluding carboxylic acids is 1. The Kier molecular flexibility index (Phi) is 3.08. The summed E-state index contributed by atoms with van der Waals surface area (Å²) in [5.41, 5.74) is 8.87. The van der Waals surface area contributed by atoms with Gasteiger partial charge in [-0.25, -0.2) is 9.97 Å². The minimum absolute atomic E-state index is 0.206. The number of aromatic nitrogens is 3. The number of H-pyrrole nitrogens is 1. The van der Waals surface area contributed by atoms with E-state index in [0.717, 1.165) is 40.4 Å². The van der Waals surface area contributed by atoms with Crippen LogP contribution in [0.2, 0.25) is 0 Å². The van der Waals surface area contributed by atoms with Crippen LogP contribution in [0.25, 0.3) is 11.2 Å². The third kappa shape index (κ3) is 2.19. The molecule has 6 nitrogen and oxygen atoms in total. The number of nitrogens with zero attached hydrogens (tertiary/aromatic N) is 2. The van der Waals surface area contributed by atoms with Gasteiger partial charge in [-0.15, -0.1) is 0 Å². The lowest BCUT2D eigenvalue weighted by molar-refractivity contribution is -0.117. The van der Waals surface area contributed by atoms with Gasteiger partial charge in [0.05, 0.1) is 18.4 Å². The first-order valence-corrected chi connectivity index (χ1v) is 9.03. The van der Waals surface area contributed by atoms with Crippen LogP contribution in [0.4, 0.5) is 5.69 Å². The summed E-state index contributed by atoms with van der Waals surface area (Å²) in [5.74, 6) is 3.08. The highest BCUT2D eigenvalue weighted by Gasteiger charge is 2.48. The summed E-state index contributed by atoms with van der Waals surface area (Å²) < 4.78 is 0. The summed E-state index contributed by atoms with van der Waals surface area (Å²) in [6.45, 7) is 0. The fraction of sp³-hybridized carbons (Fsp3) is 0.611. The number of carbonyl (C=O) groups is 1. The second kappa shape index (κ2) is 5.19. The molecular formula is C18H23N5O. The minimum Gasteiger partial charge on any atom is -0.380 e. The van der Waals surface area contributed by atoms with E-state index >= 15 is 0 Å². The number of hydrogen-bond donors (Lipinski definition) is 3. The van der Waals surface area contributed by atoms with Gasteiger partial charge in [-0.3, -0.25) is 4.79 Å². The van der Waals surface area contributed by atoms with Gasteiger partial charge in [0, 0.05) is 17.8 Å². The summed E-state index contributed by atoms with van der Waals surface area (Å²) in [4.78, 5) is 23.3. The predicted octanol–water partition coefficient (Wildman–Crippen LogP) is 2.22. The normalized spacial score (nSPS) is 33.9. The zero-order chi connectivity index (χ0) is 16.3. The van der Waals surface area contributed by atoms with E-state index in [1.807, 2.05) is 0 Å². The Bertz CT molecular complexity index is 770. The molecule has 2 heterocycles. The lowest BCUT2D eigenvalue weighted by Gasteiger charge is -2.54. The van der Waals surface area contributed by atoms with Gasteiger partial charge in [0.15, 0.2) is 5.65 Å². The molecule has 1 amide bonds. The zero-order valence-electron chi connectivity index (χ0n) is 13.7. The molecule has 0 unspecified atom stereocenters. The van der Waals surface area contributed by atoms with E-state index in [4.69, 9.17) is 5.73 Å². The highest BCUT2D eigenvalue weighted by Crippen LogP contribution is 2.54. The van der Waals surface area contributed by atoms with Crippen LogP contribution in [-0.4, -0.2) is 26.9 Å². The highest BCUT2D eigenvalue weighted by molar-refractivity contribution is 5.90. The van der Waals surface area contributed by atoms with E-state index in [1.165, 1.54) is 32.1 Å². The molecule has 4 aliphatic carbocycles. The number of hydrogen-bond acceptors (Lipinski definition) is 4.